The summed E-state index contributed by atoms with van der Waals surface area (Å²) in [6, 6.07) is 6.66. The maximum atomic E-state index is 14.0. The van der Waals surface area contributed by atoms with Gasteiger partial charge in [0.1, 0.15) is 24.3 Å². The number of thiazole rings is 1. The van der Waals surface area contributed by atoms with Crippen molar-refractivity contribution in [2.75, 3.05) is 60.3 Å². The van der Waals surface area contributed by atoms with Crippen molar-refractivity contribution < 1.29 is 38.2 Å². The molecule has 1 aliphatic rings. The number of likely N-dealkylation sites (tertiary alicyclic amines) is 1. The minimum atomic E-state index is -0.841. The number of carbonyl (C=O) groups excluding carboxylic acids is 2. The molecule has 1 fully saturated rings. The Balaban J connectivity index is 1.42. The first-order valence-electron chi connectivity index (χ1n) is 16.0. The fourth-order valence-electron chi connectivity index (χ4n) is 5.79. The largest absolute Gasteiger partial charge is 0.496 e. The Morgan fingerprint density at radius 3 is 2.64 bits per heavy atom. The van der Waals surface area contributed by atoms with Crippen LogP contribution in [-0.4, -0.2) is 98.3 Å². The molecule has 4 atom stereocenters. The zero-order valence-corrected chi connectivity index (χ0v) is 28.4. The number of aliphatic hydroxyl groups excluding tert-OH is 1. The van der Waals surface area contributed by atoms with Crippen LogP contribution < -0.4 is 20.5 Å². The molecule has 0 bridgehead atoms. The van der Waals surface area contributed by atoms with Gasteiger partial charge in [0.25, 0.3) is 5.88 Å². The monoisotopic (exact) mass is 673 g/mol. The van der Waals surface area contributed by atoms with Gasteiger partial charge in [0.05, 0.1) is 55.7 Å². The number of amides is 2. The second kappa shape index (κ2) is 18.1. The summed E-state index contributed by atoms with van der Waals surface area (Å²) < 4.78 is 28.0. The summed E-state index contributed by atoms with van der Waals surface area (Å²) in [5.41, 5.74) is 10.0. The van der Waals surface area contributed by atoms with Gasteiger partial charge in [-0.15, -0.1) is 11.3 Å². The zero-order chi connectivity index (χ0) is 33.8. The van der Waals surface area contributed by atoms with Crippen LogP contribution in [0.15, 0.2) is 34.3 Å². The maximum Gasteiger partial charge on any atom is 0.254 e. The van der Waals surface area contributed by atoms with E-state index in [-0.39, 0.29) is 24.3 Å². The molecule has 4 rings (SSSR count). The number of carbonyl (C=O) groups is 2. The van der Waals surface area contributed by atoms with E-state index >= 15 is 0 Å². The Kier molecular flexibility index (Phi) is 14.0. The smallest absolute Gasteiger partial charge is 0.254 e. The number of nitrogens with two attached hydrogens (primary N) is 1. The molecule has 4 N–H and O–H groups in total. The molecule has 258 valence electrons. The normalized spacial score (nSPS) is 16.6. The SMILES string of the molecule is CNCCOCCOCCOc1cc([C@@H](C(=O)N2CCCC2C(N)=O)C(C)CC[C@H](O)c2ccc(-c3scnc3C)cc2OC)on1. The van der Waals surface area contributed by atoms with Gasteiger partial charge in [-0.3, -0.25) is 9.59 Å². The summed E-state index contributed by atoms with van der Waals surface area (Å²) in [4.78, 5) is 33.1. The first-order valence-corrected chi connectivity index (χ1v) is 16.9. The van der Waals surface area contributed by atoms with Gasteiger partial charge in [-0.2, -0.15) is 0 Å². The Bertz CT molecular complexity index is 1430. The van der Waals surface area contributed by atoms with Gasteiger partial charge in [0.2, 0.25) is 11.8 Å². The number of likely N-dealkylation sites (N-methyl/N-ethyl adjacent to an activating group) is 1. The summed E-state index contributed by atoms with van der Waals surface area (Å²) in [7, 11) is 3.44. The van der Waals surface area contributed by atoms with Crippen molar-refractivity contribution in [3.05, 3.63) is 46.8 Å². The van der Waals surface area contributed by atoms with Gasteiger partial charge < -0.3 is 44.5 Å². The number of nitrogens with one attached hydrogen (secondary N) is 1. The second-order valence-electron chi connectivity index (χ2n) is 11.6. The van der Waals surface area contributed by atoms with Crippen molar-refractivity contribution in [2.45, 2.75) is 57.6 Å². The van der Waals surface area contributed by atoms with Crippen LogP contribution in [0.1, 0.15) is 61.6 Å². The fourth-order valence-corrected chi connectivity index (χ4v) is 6.59. The molecule has 3 aromatic rings. The van der Waals surface area contributed by atoms with E-state index in [9.17, 15) is 14.7 Å². The highest BCUT2D eigenvalue weighted by Crippen LogP contribution is 2.38. The lowest BCUT2D eigenvalue weighted by atomic mass is 9.85. The summed E-state index contributed by atoms with van der Waals surface area (Å²) in [6.45, 7) is 7.19. The number of hydrogen-bond acceptors (Lipinski definition) is 12. The van der Waals surface area contributed by atoms with Crippen molar-refractivity contribution in [1.29, 1.82) is 0 Å². The topological polar surface area (TPSA) is 172 Å². The second-order valence-corrected chi connectivity index (χ2v) is 12.5. The Hall–Kier alpha value is -3.56. The summed E-state index contributed by atoms with van der Waals surface area (Å²) >= 11 is 1.55. The molecule has 0 spiro atoms. The minimum absolute atomic E-state index is 0.229. The molecular formula is C33H47N5O8S. The number of methoxy groups -OCH3 is 1. The van der Waals surface area contributed by atoms with Crippen molar-refractivity contribution in [3.8, 4) is 22.1 Å². The van der Waals surface area contributed by atoms with Crippen LogP contribution in [-0.2, 0) is 19.1 Å². The molecule has 2 unspecified atom stereocenters. The molecule has 14 heteroatoms. The van der Waals surface area contributed by atoms with Gasteiger partial charge >= 0.3 is 0 Å². The van der Waals surface area contributed by atoms with E-state index in [2.05, 4.69) is 15.5 Å². The molecule has 0 radical (unpaired) electrons. The summed E-state index contributed by atoms with van der Waals surface area (Å²) in [5, 5.41) is 18.3. The quantitative estimate of drug-likeness (QED) is 0.150. The van der Waals surface area contributed by atoms with Crippen molar-refractivity contribution >= 4 is 23.2 Å². The van der Waals surface area contributed by atoms with Crippen molar-refractivity contribution in [3.63, 3.8) is 0 Å². The lowest BCUT2D eigenvalue weighted by Gasteiger charge is -2.29. The molecule has 2 aromatic heterocycles. The van der Waals surface area contributed by atoms with E-state index in [1.807, 2.05) is 39.1 Å². The predicted octanol–water partition coefficient (Wildman–Crippen LogP) is 3.46. The molecule has 2 amide bonds. The number of benzene rings is 1. The van der Waals surface area contributed by atoms with Gasteiger partial charge in [-0.25, -0.2) is 4.98 Å². The molecule has 3 heterocycles. The van der Waals surface area contributed by atoms with Crippen molar-refractivity contribution in [1.82, 2.24) is 20.4 Å². The highest BCUT2D eigenvalue weighted by Gasteiger charge is 2.40. The van der Waals surface area contributed by atoms with Gasteiger partial charge in [0, 0.05) is 24.7 Å². The average molecular weight is 674 g/mol. The molecule has 0 aliphatic carbocycles. The average Bonchev–Trinajstić information content (AvgIpc) is 3.84. The number of aryl methyl sites for hydroxylation is 1. The van der Waals surface area contributed by atoms with E-state index in [0.29, 0.717) is 75.7 Å². The van der Waals surface area contributed by atoms with E-state index in [4.69, 9.17) is 29.2 Å². The summed E-state index contributed by atoms with van der Waals surface area (Å²) in [5.74, 6) is -0.724. The van der Waals surface area contributed by atoms with E-state index in [1.165, 1.54) is 0 Å². The van der Waals surface area contributed by atoms with Crippen LogP contribution in [0.25, 0.3) is 10.4 Å². The molecule has 0 saturated carbocycles. The standard InChI is InChI=1S/C33H47N5O8S/c1-21(7-10-26(39)24-9-8-23(18-27(24)42-4)31-22(2)36-20-47-31)30(33(41)38-12-5-6-25(38)32(34)40)28-19-29(37-46-28)45-17-16-44-15-14-43-13-11-35-3/h8-9,18-21,25-26,30,35,39H,5-7,10-17H2,1-4H3,(H2,34,40)/t21?,25?,26-,30-/m0/s1. The highest BCUT2D eigenvalue weighted by molar-refractivity contribution is 7.13. The van der Waals surface area contributed by atoms with Crippen LogP contribution in [0.3, 0.4) is 0 Å². The number of hydrogen-bond donors (Lipinski definition) is 3. The van der Waals surface area contributed by atoms with E-state index in [1.54, 1.807) is 34.9 Å². The minimum Gasteiger partial charge on any atom is -0.496 e. The van der Waals surface area contributed by atoms with Crippen LogP contribution in [0.5, 0.6) is 11.6 Å². The van der Waals surface area contributed by atoms with Gasteiger partial charge in [0.15, 0.2) is 5.76 Å². The Morgan fingerprint density at radius 1 is 1.17 bits per heavy atom. The molecule has 47 heavy (non-hydrogen) atoms. The van der Waals surface area contributed by atoms with E-state index in [0.717, 1.165) is 22.7 Å². The lowest BCUT2D eigenvalue weighted by Crippen LogP contribution is -2.46. The third-order valence-electron chi connectivity index (χ3n) is 8.35. The maximum absolute atomic E-state index is 14.0. The Labute approximate surface area is 279 Å². The first-order chi connectivity index (χ1) is 22.7. The number of rotatable bonds is 20. The zero-order valence-electron chi connectivity index (χ0n) is 27.6. The molecule has 1 aliphatic heterocycles. The van der Waals surface area contributed by atoms with Gasteiger partial charge in [-0.05, 0) is 62.4 Å². The third kappa shape index (κ3) is 9.73. The number of aliphatic hydroxyl groups is 1. The van der Waals surface area contributed by atoms with Gasteiger partial charge in [-0.1, -0.05) is 19.1 Å². The fraction of sp³-hybridized carbons (Fsp3) is 0.576. The summed E-state index contributed by atoms with van der Waals surface area (Å²) in [6.07, 6.45) is 1.18. The van der Waals surface area contributed by atoms with E-state index < -0.39 is 24.0 Å². The van der Waals surface area contributed by atoms with Crippen LogP contribution >= 0.6 is 11.3 Å². The van der Waals surface area contributed by atoms with Crippen LogP contribution in [0, 0.1) is 12.8 Å². The highest BCUT2D eigenvalue weighted by atomic mass is 32.1. The number of nitrogens with zero attached hydrogens (tertiary/aromatic N) is 3. The predicted molar refractivity (Wildman–Crippen MR) is 176 cm³/mol. The van der Waals surface area contributed by atoms with Crippen LogP contribution in [0.2, 0.25) is 0 Å². The Morgan fingerprint density at radius 2 is 1.94 bits per heavy atom. The third-order valence-corrected chi connectivity index (χ3v) is 9.33. The number of ether oxygens (including phenoxy) is 4. The molecule has 13 nitrogen and oxygen atoms in total. The van der Waals surface area contributed by atoms with Crippen molar-refractivity contribution in [2.24, 2.45) is 11.7 Å². The molecular weight excluding hydrogens is 626 g/mol. The molecule has 1 aromatic carbocycles. The first kappa shape index (κ1) is 36.3. The molecule has 1 saturated heterocycles. The lowest BCUT2D eigenvalue weighted by molar-refractivity contribution is -0.140. The number of aromatic nitrogens is 2. The number of primary amides is 1. The van der Waals surface area contributed by atoms with Crippen LogP contribution in [0.4, 0.5) is 0 Å².